The number of para-hydroxylation sites is 1. The third-order valence-electron chi connectivity index (χ3n) is 3.07. The molecule has 0 aliphatic carbocycles. The van der Waals surface area contributed by atoms with E-state index in [0.29, 0.717) is 13.1 Å². The van der Waals surface area contributed by atoms with Crippen LogP contribution in [0.25, 0.3) is 0 Å². The highest BCUT2D eigenvalue weighted by molar-refractivity contribution is 7.09. The smallest absolute Gasteiger partial charge is 0.305 e. The number of hydrogen-bond donors (Lipinski definition) is 1. The SMILES string of the molecule is Cc1nc(CN(CCC(=O)O)c2ccccc2C)cs1. The van der Waals surface area contributed by atoms with Crippen LogP contribution in [0.4, 0.5) is 5.69 Å². The summed E-state index contributed by atoms with van der Waals surface area (Å²) in [5.41, 5.74) is 3.20. The first kappa shape index (κ1) is 14.5. The number of thiazole rings is 1. The van der Waals surface area contributed by atoms with Gasteiger partial charge >= 0.3 is 5.97 Å². The summed E-state index contributed by atoms with van der Waals surface area (Å²) in [6.45, 7) is 5.14. The third kappa shape index (κ3) is 3.81. The van der Waals surface area contributed by atoms with Crippen molar-refractivity contribution in [2.24, 2.45) is 0 Å². The predicted molar refractivity (Wildman–Crippen MR) is 81.3 cm³/mol. The summed E-state index contributed by atoms with van der Waals surface area (Å²) < 4.78 is 0. The monoisotopic (exact) mass is 290 g/mol. The molecule has 4 nitrogen and oxygen atoms in total. The largest absolute Gasteiger partial charge is 0.481 e. The molecule has 0 atom stereocenters. The van der Waals surface area contributed by atoms with E-state index >= 15 is 0 Å². The summed E-state index contributed by atoms with van der Waals surface area (Å²) in [5, 5.41) is 12.0. The Balaban J connectivity index is 2.20. The van der Waals surface area contributed by atoms with Crippen molar-refractivity contribution in [2.45, 2.75) is 26.8 Å². The van der Waals surface area contributed by atoms with Crippen molar-refractivity contribution in [1.29, 1.82) is 0 Å². The first-order valence-electron chi connectivity index (χ1n) is 6.49. The molecule has 0 saturated carbocycles. The quantitative estimate of drug-likeness (QED) is 0.887. The van der Waals surface area contributed by atoms with Crippen LogP contribution in [0.15, 0.2) is 29.6 Å². The average Bonchev–Trinajstić information content (AvgIpc) is 2.81. The number of carboxylic acid groups (broad SMARTS) is 1. The van der Waals surface area contributed by atoms with Crippen LogP contribution in [0, 0.1) is 13.8 Å². The summed E-state index contributed by atoms with van der Waals surface area (Å²) in [6.07, 6.45) is 0.122. The van der Waals surface area contributed by atoms with E-state index < -0.39 is 5.97 Å². The molecule has 2 rings (SSSR count). The maximum absolute atomic E-state index is 10.8. The lowest BCUT2D eigenvalue weighted by Crippen LogP contribution is -2.26. The number of aliphatic carboxylic acids is 1. The van der Waals surface area contributed by atoms with Crippen molar-refractivity contribution in [3.63, 3.8) is 0 Å². The number of aryl methyl sites for hydroxylation is 2. The Kier molecular flexibility index (Phi) is 4.74. The maximum Gasteiger partial charge on any atom is 0.305 e. The fourth-order valence-electron chi connectivity index (χ4n) is 2.11. The normalized spacial score (nSPS) is 10.5. The molecular weight excluding hydrogens is 272 g/mol. The number of anilines is 1. The second kappa shape index (κ2) is 6.52. The van der Waals surface area contributed by atoms with Gasteiger partial charge in [0.25, 0.3) is 0 Å². The van der Waals surface area contributed by atoms with E-state index in [1.807, 2.05) is 43.5 Å². The molecule has 20 heavy (non-hydrogen) atoms. The molecule has 0 aliphatic rings. The number of nitrogens with zero attached hydrogens (tertiary/aromatic N) is 2. The molecule has 0 amide bonds. The third-order valence-corrected chi connectivity index (χ3v) is 3.89. The molecule has 0 aliphatic heterocycles. The predicted octanol–water partition coefficient (Wildman–Crippen LogP) is 3.24. The van der Waals surface area contributed by atoms with Crippen LogP contribution in [-0.4, -0.2) is 22.6 Å². The minimum Gasteiger partial charge on any atom is -0.481 e. The van der Waals surface area contributed by atoms with Crippen LogP contribution in [-0.2, 0) is 11.3 Å². The molecular formula is C15H18N2O2S. The lowest BCUT2D eigenvalue weighted by Gasteiger charge is -2.25. The zero-order chi connectivity index (χ0) is 14.5. The van der Waals surface area contributed by atoms with Crippen LogP contribution in [0.3, 0.4) is 0 Å². The Labute approximate surface area is 122 Å². The second-order valence-electron chi connectivity index (χ2n) is 4.71. The van der Waals surface area contributed by atoms with E-state index in [-0.39, 0.29) is 6.42 Å². The van der Waals surface area contributed by atoms with Gasteiger partial charge in [0.05, 0.1) is 23.7 Å². The zero-order valence-electron chi connectivity index (χ0n) is 11.7. The maximum atomic E-state index is 10.8. The van der Waals surface area contributed by atoms with Crippen molar-refractivity contribution in [3.05, 3.63) is 45.9 Å². The molecule has 1 N–H and O–H groups in total. The van der Waals surface area contributed by atoms with Gasteiger partial charge in [-0.15, -0.1) is 11.3 Å². The fourth-order valence-corrected chi connectivity index (χ4v) is 2.71. The van der Waals surface area contributed by atoms with Crippen LogP contribution < -0.4 is 4.90 Å². The zero-order valence-corrected chi connectivity index (χ0v) is 12.5. The van der Waals surface area contributed by atoms with Crippen LogP contribution in [0.1, 0.15) is 22.7 Å². The summed E-state index contributed by atoms with van der Waals surface area (Å²) in [4.78, 5) is 17.4. The number of benzene rings is 1. The molecule has 2 aromatic rings. The van der Waals surface area contributed by atoms with Gasteiger partial charge in [-0.05, 0) is 25.5 Å². The molecule has 1 heterocycles. The Morgan fingerprint density at radius 2 is 2.10 bits per heavy atom. The fraction of sp³-hybridized carbons (Fsp3) is 0.333. The van der Waals surface area contributed by atoms with Crippen molar-refractivity contribution >= 4 is 23.0 Å². The molecule has 1 aromatic carbocycles. The standard InChI is InChI=1S/C15H18N2O2S/c1-11-5-3-4-6-14(11)17(8-7-15(18)19)9-13-10-20-12(2)16-13/h3-6,10H,7-9H2,1-2H3,(H,18,19). The van der Waals surface area contributed by atoms with Gasteiger partial charge in [0.1, 0.15) is 0 Å². The van der Waals surface area contributed by atoms with Gasteiger partial charge in [-0.3, -0.25) is 4.79 Å². The van der Waals surface area contributed by atoms with E-state index in [0.717, 1.165) is 22.0 Å². The van der Waals surface area contributed by atoms with Crippen molar-refractivity contribution in [1.82, 2.24) is 4.98 Å². The molecule has 106 valence electrons. The highest BCUT2D eigenvalue weighted by Crippen LogP contribution is 2.22. The number of carbonyl (C=O) groups is 1. The number of carboxylic acids is 1. The molecule has 0 saturated heterocycles. The Hall–Kier alpha value is -1.88. The van der Waals surface area contributed by atoms with Gasteiger partial charge in [0, 0.05) is 17.6 Å². The Morgan fingerprint density at radius 3 is 2.70 bits per heavy atom. The van der Waals surface area contributed by atoms with E-state index in [4.69, 9.17) is 5.11 Å². The average molecular weight is 290 g/mol. The van der Waals surface area contributed by atoms with E-state index in [9.17, 15) is 4.79 Å². The number of hydrogen-bond acceptors (Lipinski definition) is 4. The molecule has 0 bridgehead atoms. The Morgan fingerprint density at radius 1 is 1.35 bits per heavy atom. The van der Waals surface area contributed by atoms with Gasteiger partial charge in [-0.1, -0.05) is 18.2 Å². The number of aromatic nitrogens is 1. The van der Waals surface area contributed by atoms with Crippen molar-refractivity contribution in [3.8, 4) is 0 Å². The van der Waals surface area contributed by atoms with Crippen LogP contribution in [0.5, 0.6) is 0 Å². The van der Waals surface area contributed by atoms with E-state index in [1.54, 1.807) is 11.3 Å². The van der Waals surface area contributed by atoms with Crippen molar-refractivity contribution < 1.29 is 9.90 Å². The van der Waals surface area contributed by atoms with E-state index in [1.165, 1.54) is 0 Å². The highest BCUT2D eigenvalue weighted by atomic mass is 32.1. The molecule has 0 spiro atoms. The molecule has 0 unspecified atom stereocenters. The van der Waals surface area contributed by atoms with Gasteiger partial charge in [-0.2, -0.15) is 0 Å². The van der Waals surface area contributed by atoms with Gasteiger partial charge in [0.2, 0.25) is 0 Å². The summed E-state index contributed by atoms with van der Waals surface area (Å²) in [6, 6.07) is 8.02. The first-order chi connectivity index (χ1) is 9.56. The highest BCUT2D eigenvalue weighted by Gasteiger charge is 2.12. The van der Waals surface area contributed by atoms with Gasteiger partial charge in [0.15, 0.2) is 0 Å². The van der Waals surface area contributed by atoms with Crippen LogP contribution in [0.2, 0.25) is 0 Å². The van der Waals surface area contributed by atoms with Crippen molar-refractivity contribution in [2.75, 3.05) is 11.4 Å². The summed E-state index contributed by atoms with van der Waals surface area (Å²) in [7, 11) is 0. The molecule has 0 radical (unpaired) electrons. The second-order valence-corrected chi connectivity index (χ2v) is 5.77. The first-order valence-corrected chi connectivity index (χ1v) is 7.37. The topological polar surface area (TPSA) is 53.4 Å². The minimum atomic E-state index is -0.780. The lowest BCUT2D eigenvalue weighted by molar-refractivity contribution is -0.136. The summed E-state index contributed by atoms with van der Waals surface area (Å²) in [5.74, 6) is -0.780. The molecule has 0 fully saturated rings. The molecule has 5 heteroatoms. The molecule has 1 aromatic heterocycles. The lowest BCUT2D eigenvalue weighted by atomic mass is 10.1. The van der Waals surface area contributed by atoms with Crippen LogP contribution >= 0.6 is 11.3 Å². The Bertz CT molecular complexity index is 595. The van der Waals surface area contributed by atoms with E-state index in [2.05, 4.69) is 9.88 Å². The van der Waals surface area contributed by atoms with Gasteiger partial charge < -0.3 is 10.0 Å². The minimum absolute atomic E-state index is 0.122. The van der Waals surface area contributed by atoms with Gasteiger partial charge in [-0.25, -0.2) is 4.98 Å². The summed E-state index contributed by atoms with van der Waals surface area (Å²) >= 11 is 1.62. The number of rotatable bonds is 6.